The molecule has 220 valence electrons. The summed E-state index contributed by atoms with van der Waals surface area (Å²) in [6, 6.07) is 54.8. The SMILES string of the molecule is Cc1ccnc(-c2cccc(Oc3cccc(C4(c5ccccn5)c5ccccc5N(c5ccccc5)c5ccccc54)c3)c2)c1. The lowest BCUT2D eigenvalue weighted by atomic mass is 9.64. The van der Waals surface area contributed by atoms with Gasteiger partial charge in [0.1, 0.15) is 11.5 Å². The Morgan fingerprint density at radius 1 is 0.543 bits per heavy atom. The molecule has 1 aliphatic rings. The number of ether oxygens (including phenoxy) is 1. The fourth-order valence-corrected chi connectivity index (χ4v) is 6.76. The third kappa shape index (κ3) is 4.63. The Kier molecular flexibility index (Phi) is 6.88. The molecule has 8 rings (SSSR count). The third-order valence-electron chi connectivity index (χ3n) is 8.71. The van der Waals surface area contributed by atoms with Crippen LogP contribution in [0.5, 0.6) is 11.5 Å². The minimum absolute atomic E-state index is 0.702. The normalized spacial score (nSPS) is 13.0. The number of anilines is 3. The molecule has 0 fully saturated rings. The molecule has 0 saturated carbocycles. The summed E-state index contributed by atoms with van der Waals surface area (Å²) in [5.74, 6) is 1.51. The van der Waals surface area contributed by atoms with Crippen molar-refractivity contribution in [3.05, 3.63) is 198 Å². The minimum atomic E-state index is -0.702. The van der Waals surface area contributed by atoms with Crippen LogP contribution in [0.25, 0.3) is 11.3 Å². The molecule has 0 spiro atoms. The van der Waals surface area contributed by atoms with Crippen molar-refractivity contribution in [3.63, 3.8) is 0 Å². The van der Waals surface area contributed by atoms with Crippen molar-refractivity contribution in [1.82, 2.24) is 9.97 Å². The van der Waals surface area contributed by atoms with Gasteiger partial charge in [-0.05, 0) is 102 Å². The van der Waals surface area contributed by atoms with Crippen LogP contribution in [0.2, 0.25) is 0 Å². The second-order valence-electron chi connectivity index (χ2n) is 11.5. The van der Waals surface area contributed by atoms with E-state index in [0.717, 1.165) is 62.2 Å². The van der Waals surface area contributed by atoms with Gasteiger partial charge in [-0.2, -0.15) is 0 Å². The second kappa shape index (κ2) is 11.5. The van der Waals surface area contributed by atoms with Crippen LogP contribution in [-0.2, 0) is 5.41 Å². The van der Waals surface area contributed by atoms with Crippen LogP contribution >= 0.6 is 0 Å². The monoisotopic (exact) mass is 593 g/mol. The topological polar surface area (TPSA) is 38.3 Å². The van der Waals surface area contributed by atoms with Gasteiger partial charge in [0.25, 0.3) is 0 Å². The molecule has 0 aliphatic carbocycles. The number of aryl methyl sites for hydroxylation is 1. The molecular formula is C42H31N3O. The Morgan fingerprint density at radius 3 is 1.93 bits per heavy atom. The predicted molar refractivity (Wildman–Crippen MR) is 185 cm³/mol. The first kappa shape index (κ1) is 27.5. The van der Waals surface area contributed by atoms with Gasteiger partial charge in [-0.15, -0.1) is 0 Å². The zero-order valence-electron chi connectivity index (χ0n) is 25.4. The third-order valence-corrected chi connectivity index (χ3v) is 8.71. The Morgan fingerprint density at radius 2 is 1.22 bits per heavy atom. The molecule has 0 radical (unpaired) electrons. The first-order chi connectivity index (χ1) is 22.7. The number of pyridine rings is 2. The van der Waals surface area contributed by atoms with E-state index in [1.165, 1.54) is 5.56 Å². The number of rotatable bonds is 6. The van der Waals surface area contributed by atoms with E-state index in [-0.39, 0.29) is 0 Å². The number of nitrogens with zero attached hydrogens (tertiary/aromatic N) is 3. The summed E-state index contributed by atoms with van der Waals surface area (Å²) in [5.41, 5.74) is 10.1. The minimum Gasteiger partial charge on any atom is -0.457 e. The van der Waals surface area contributed by atoms with E-state index in [1.807, 2.05) is 48.8 Å². The van der Waals surface area contributed by atoms with E-state index in [2.05, 4.69) is 138 Å². The van der Waals surface area contributed by atoms with Crippen LogP contribution in [0, 0.1) is 6.92 Å². The first-order valence-corrected chi connectivity index (χ1v) is 15.5. The van der Waals surface area contributed by atoms with Crippen LogP contribution in [-0.4, -0.2) is 9.97 Å². The Labute approximate surface area is 269 Å². The average Bonchev–Trinajstić information content (AvgIpc) is 3.11. The van der Waals surface area contributed by atoms with Gasteiger partial charge in [0.2, 0.25) is 0 Å². The van der Waals surface area contributed by atoms with Crippen LogP contribution in [0.15, 0.2) is 170 Å². The average molecular weight is 594 g/mol. The fraction of sp³-hybridized carbons (Fsp3) is 0.0476. The van der Waals surface area contributed by atoms with Crippen molar-refractivity contribution in [3.8, 4) is 22.8 Å². The predicted octanol–water partition coefficient (Wildman–Crippen LogP) is 10.4. The maximum absolute atomic E-state index is 6.59. The number of hydrogen-bond donors (Lipinski definition) is 0. The van der Waals surface area contributed by atoms with Gasteiger partial charge in [0.05, 0.1) is 28.2 Å². The molecule has 2 aromatic heterocycles. The summed E-state index contributed by atoms with van der Waals surface area (Å²) in [4.78, 5) is 12.0. The Balaban J connectivity index is 1.32. The fourth-order valence-electron chi connectivity index (χ4n) is 6.76. The molecule has 4 nitrogen and oxygen atoms in total. The van der Waals surface area contributed by atoms with Crippen molar-refractivity contribution >= 4 is 17.1 Å². The molecule has 7 aromatic rings. The van der Waals surface area contributed by atoms with Gasteiger partial charge in [-0.25, -0.2) is 0 Å². The van der Waals surface area contributed by atoms with Gasteiger partial charge in [0.15, 0.2) is 0 Å². The van der Waals surface area contributed by atoms with E-state index < -0.39 is 5.41 Å². The highest BCUT2D eigenvalue weighted by molar-refractivity contribution is 5.89. The second-order valence-corrected chi connectivity index (χ2v) is 11.5. The summed E-state index contributed by atoms with van der Waals surface area (Å²) in [6.45, 7) is 2.08. The van der Waals surface area contributed by atoms with Crippen molar-refractivity contribution in [2.45, 2.75) is 12.3 Å². The molecule has 46 heavy (non-hydrogen) atoms. The van der Waals surface area contributed by atoms with Gasteiger partial charge >= 0.3 is 0 Å². The van der Waals surface area contributed by atoms with Crippen LogP contribution in [0.4, 0.5) is 17.1 Å². The number of fused-ring (bicyclic) bond motifs is 2. The largest absolute Gasteiger partial charge is 0.457 e. The highest BCUT2D eigenvalue weighted by atomic mass is 16.5. The number of benzene rings is 5. The van der Waals surface area contributed by atoms with Crippen LogP contribution in [0.3, 0.4) is 0 Å². The smallest absolute Gasteiger partial charge is 0.128 e. The Hall–Kier alpha value is -6.00. The number of para-hydroxylation sites is 3. The van der Waals surface area contributed by atoms with E-state index in [0.29, 0.717) is 0 Å². The molecule has 0 saturated heterocycles. The number of hydrogen-bond acceptors (Lipinski definition) is 4. The standard InChI is InChI=1S/C42H31N3O/c1-30-24-26-43-38(27-30)31-13-11-17-34(28-31)46-35-18-12-14-32(29-35)42(41-23-9-10-25-44-41)36-19-5-7-21-39(36)45(33-15-3-2-4-16-33)40-22-8-6-20-37(40)42/h2-29H,1H3. The summed E-state index contributed by atoms with van der Waals surface area (Å²) in [5, 5.41) is 0. The van der Waals surface area contributed by atoms with Crippen LogP contribution in [0.1, 0.15) is 27.9 Å². The van der Waals surface area contributed by atoms with E-state index in [1.54, 1.807) is 0 Å². The molecule has 0 atom stereocenters. The van der Waals surface area contributed by atoms with Crippen molar-refractivity contribution < 1.29 is 4.74 Å². The summed E-state index contributed by atoms with van der Waals surface area (Å²) >= 11 is 0. The van der Waals surface area contributed by atoms with Crippen LogP contribution < -0.4 is 9.64 Å². The lowest BCUT2D eigenvalue weighted by Crippen LogP contribution is -2.38. The molecule has 4 heteroatoms. The quantitative estimate of drug-likeness (QED) is 0.192. The zero-order valence-corrected chi connectivity index (χ0v) is 25.4. The Bertz CT molecular complexity index is 2110. The maximum atomic E-state index is 6.59. The molecule has 0 unspecified atom stereocenters. The number of aromatic nitrogens is 2. The molecule has 1 aliphatic heterocycles. The van der Waals surface area contributed by atoms with Crippen molar-refractivity contribution in [1.29, 1.82) is 0 Å². The lowest BCUT2D eigenvalue weighted by Gasteiger charge is -2.45. The summed E-state index contributed by atoms with van der Waals surface area (Å²) in [7, 11) is 0. The lowest BCUT2D eigenvalue weighted by molar-refractivity contribution is 0.481. The molecule has 3 heterocycles. The van der Waals surface area contributed by atoms with Gasteiger partial charge in [-0.1, -0.05) is 84.9 Å². The van der Waals surface area contributed by atoms with E-state index in [9.17, 15) is 0 Å². The van der Waals surface area contributed by atoms with E-state index in [4.69, 9.17) is 9.72 Å². The van der Waals surface area contributed by atoms with E-state index >= 15 is 0 Å². The summed E-state index contributed by atoms with van der Waals surface area (Å²) < 4.78 is 6.59. The molecule has 5 aromatic carbocycles. The molecule has 0 N–H and O–H groups in total. The molecular weight excluding hydrogens is 562 g/mol. The van der Waals surface area contributed by atoms with Crippen molar-refractivity contribution in [2.24, 2.45) is 0 Å². The van der Waals surface area contributed by atoms with Gasteiger partial charge < -0.3 is 9.64 Å². The zero-order chi connectivity index (χ0) is 30.9. The maximum Gasteiger partial charge on any atom is 0.128 e. The first-order valence-electron chi connectivity index (χ1n) is 15.5. The molecule has 0 amide bonds. The molecule has 0 bridgehead atoms. The summed E-state index contributed by atoms with van der Waals surface area (Å²) in [6.07, 6.45) is 3.73. The highest BCUT2D eigenvalue weighted by Gasteiger charge is 2.47. The van der Waals surface area contributed by atoms with Gasteiger partial charge in [0, 0.05) is 23.6 Å². The van der Waals surface area contributed by atoms with Gasteiger partial charge in [-0.3, -0.25) is 9.97 Å². The van der Waals surface area contributed by atoms with Crippen molar-refractivity contribution in [2.75, 3.05) is 4.90 Å². The highest BCUT2D eigenvalue weighted by Crippen LogP contribution is 2.57.